The summed E-state index contributed by atoms with van der Waals surface area (Å²) in [5.41, 5.74) is -0.694. The van der Waals surface area contributed by atoms with Gasteiger partial charge in [-0.3, -0.25) is 9.52 Å². The van der Waals surface area contributed by atoms with Crippen molar-refractivity contribution in [2.75, 3.05) is 10.0 Å². The summed E-state index contributed by atoms with van der Waals surface area (Å²) in [7, 11) is -3.84. The van der Waals surface area contributed by atoms with E-state index in [0.717, 1.165) is 12.1 Å². The molecule has 0 saturated heterocycles. The molecule has 0 saturated carbocycles. The van der Waals surface area contributed by atoms with E-state index in [1.807, 2.05) is 0 Å². The highest BCUT2D eigenvalue weighted by Gasteiger charge is 2.30. The van der Waals surface area contributed by atoms with E-state index in [-0.39, 0.29) is 21.8 Å². The number of anilines is 2. The quantitative estimate of drug-likeness (QED) is 0.625. The summed E-state index contributed by atoms with van der Waals surface area (Å²) in [4.78, 5) is 12.4. The van der Waals surface area contributed by atoms with E-state index in [0.29, 0.717) is 0 Å². The third-order valence-corrected chi connectivity index (χ3v) is 5.28. The van der Waals surface area contributed by atoms with Gasteiger partial charge in [-0.1, -0.05) is 30.3 Å². The van der Waals surface area contributed by atoms with Crippen LogP contribution in [-0.2, 0) is 16.2 Å². The Labute approximate surface area is 165 Å². The molecule has 0 heterocycles. The fourth-order valence-corrected chi connectivity index (χ4v) is 3.58. The van der Waals surface area contributed by atoms with Gasteiger partial charge >= 0.3 is 6.18 Å². The Kier molecular flexibility index (Phi) is 5.60. The molecule has 0 unspecified atom stereocenters. The number of benzene rings is 3. The molecule has 0 bridgehead atoms. The van der Waals surface area contributed by atoms with E-state index in [4.69, 9.17) is 0 Å². The van der Waals surface area contributed by atoms with Gasteiger partial charge in [0.2, 0.25) is 0 Å². The molecule has 0 spiro atoms. The van der Waals surface area contributed by atoms with Crippen molar-refractivity contribution >= 4 is 27.3 Å². The van der Waals surface area contributed by atoms with Gasteiger partial charge < -0.3 is 5.32 Å². The van der Waals surface area contributed by atoms with Gasteiger partial charge in [-0.2, -0.15) is 13.2 Å². The number of hydrogen-bond acceptors (Lipinski definition) is 3. The van der Waals surface area contributed by atoms with Gasteiger partial charge in [0.05, 0.1) is 10.5 Å². The zero-order chi connectivity index (χ0) is 21.1. The molecule has 9 heteroatoms. The molecular formula is C20H15F3N2O3S. The summed E-state index contributed by atoms with van der Waals surface area (Å²) in [6.07, 6.45) is -4.53. The average Bonchev–Trinajstić information content (AvgIpc) is 2.68. The maximum atomic E-state index is 12.8. The lowest BCUT2D eigenvalue weighted by Crippen LogP contribution is -2.15. The van der Waals surface area contributed by atoms with Crippen LogP contribution < -0.4 is 10.0 Å². The van der Waals surface area contributed by atoms with Crippen LogP contribution in [0.4, 0.5) is 24.5 Å². The highest BCUT2D eigenvalue weighted by atomic mass is 32.2. The number of nitrogens with one attached hydrogen (secondary N) is 2. The standard InChI is InChI=1S/C20H15F3N2O3S/c21-20(22,23)15-7-5-8-16(13-15)24-19(26)14-6-4-9-17(12-14)25-29(27,28)18-10-2-1-3-11-18/h1-13,25H,(H,24,26). The van der Waals surface area contributed by atoms with Gasteiger partial charge in [-0.05, 0) is 48.5 Å². The Morgan fingerprint density at radius 1 is 0.793 bits per heavy atom. The lowest BCUT2D eigenvalue weighted by molar-refractivity contribution is -0.137. The molecule has 3 aromatic carbocycles. The largest absolute Gasteiger partial charge is 0.416 e. The van der Waals surface area contributed by atoms with Crippen LogP contribution in [0.5, 0.6) is 0 Å². The van der Waals surface area contributed by atoms with Gasteiger partial charge in [0, 0.05) is 16.9 Å². The second-order valence-electron chi connectivity index (χ2n) is 6.03. The van der Waals surface area contributed by atoms with E-state index in [1.54, 1.807) is 18.2 Å². The molecule has 0 aliphatic rings. The van der Waals surface area contributed by atoms with Crippen LogP contribution in [0.3, 0.4) is 0 Å². The van der Waals surface area contributed by atoms with Crippen LogP contribution in [0.2, 0.25) is 0 Å². The molecule has 0 aromatic heterocycles. The maximum Gasteiger partial charge on any atom is 0.416 e. The molecule has 5 nitrogen and oxygen atoms in total. The predicted octanol–water partition coefficient (Wildman–Crippen LogP) is 4.76. The second kappa shape index (κ2) is 7.96. The Bertz CT molecular complexity index is 1130. The molecule has 2 N–H and O–H groups in total. The van der Waals surface area contributed by atoms with Gasteiger partial charge in [-0.25, -0.2) is 8.42 Å². The maximum absolute atomic E-state index is 12.8. The van der Waals surface area contributed by atoms with Crippen LogP contribution in [0.25, 0.3) is 0 Å². The summed E-state index contributed by atoms with van der Waals surface area (Å²) < 4.78 is 65.5. The number of rotatable bonds is 5. The van der Waals surface area contributed by atoms with Crippen LogP contribution in [-0.4, -0.2) is 14.3 Å². The predicted molar refractivity (Wildman–Crippen MR) is 103 cm³/mol. The second-order valence-corrected chi connectivity index (χ2v) is 7.71. The number of sulfonamides is 1. The molecular weight excluding hydrogens is 405 g/mol. The molecule has 150 valence electrons. The normalized spacial score (nSPS) is 11.7. The zero-order valence-electron chi connectivity index (χ0n) is 14.8. The molecule has 29 heavy (non-hydrogen) atoms. The molecule has 0 atom stereocenters. The first-order valence-electron chi connectivity index (χ1n) is 8.32. The lowest BCUT2D eigenvalue weighted by atomic mass is 10.1. The van der Waals surface area contributed by atoms with Crippen molar-refractivity contribution in [2.24, 2.45) is 0 Å². The van der Waals surface area contributed by atoms with Gasteiger partial charge in [0.15, 0.2) is 0 Å². The Morgan fingerprint density at radius 3 is 2.14 bits per heavy atom. The zero-order valence-corrected chi connectivity index (χ0v) is 15.6. The van der Waals surface area contributed by atoms with Crippen LogP contribution in [0, 0.1) is 0 Å². The molecule has 1 amide bonds. The van der Waals surface area contributed by atoms with Crippen molar-refractivity contribution in [3.05, 3.63) is 90.0 Å². The van der Waals surface area contributed by atoms with Crippen molar-refractivity contribution < 1.29 is 26.4 Å². The van der Waals surface area contributed by atoms with Crippen molar-refractivity contribution in [1.29, 1.82) is 0 Å². The van der Waals surface area contributed by atoms with Gasteiger partial charge in [0.1, 0.15) is 0 Å². The van der Waals surface area contributed by atoms with E-state index < -0.39 is 27.7 Å². The molecule has 0 aliphatic carbocycles. The Hall–Kier alpha value is -3.33. The van der Waals surface area contributed by atoms with Gasteiger partial charge in [-0.15, -0.1) is 0 Å². The molecule has 0 aliphatic heterocycles. The molecule has 3 rings (SSSR count). The minimum absolute atomic E-state index is 0.0277. The highest BCUT2D eigenvalue weighted by molar-refractivity contribution is 7.92. The van der Waals surface area contributed by atoms with E-state index in [9.17, 15) is 26.4 Å². The lowest BCUT2D eigenvalue weighted by Gasteiger charge is -2.11. The first-order chi connectivity index (χ1) is 13.6. The molecule has 3 aromatic rings. The number of amides is 1. The topological polar surface area (TPSA) is 75.3 Å². The average molecular weight is 420 g/mol. The summed E-state index contributed by atoms with van der Waals surface area (Å²) >= 11 is 0. The number of carbonyl (C=O) groups excluding carboxylic acids is 1. The first kappa shape index (κ1) is 20.4. The number of halogens is 3. The van der Waals surface area contributed by atoms with Crippen molar-refractivity contribution in [3.63, 3.8) is 0 Å². The fraction of sp³-hybridized carbons (Fsp3) is 0.0500. The van der Waals surface area contributed by atoms with Crippen LogP contribution in [0.1, 0.15) is 15.9 Å². The van der Waals surface area contributed by atoms with Crippen molar-refractivity contribution in [2.45, 2.75) is 11.1 Å². The Morgan fingerprint density at radius 2 is 1.45 bits per heavy atom. The summed E-state index contributed by atoms with van der Waals surface area (Å²) in [6.45, 7) is 0. The summed E-state index contributed by atoms with van der Waals surface area (Å²) in [5.74, 6) is -0.676. The van der Waals surface area contributed by atoms with Gasteiger partial charge in [0.25, 0.3) is 15.9 Å². The number of alkyl halides is 3. The highest BCUT2D eigenvalue weighted by Crippen LogP contribution is 2.30. The minimum atomic E-state index is -4.53. The Balaban J connectivity index is 1.78. The van der Waals surface area contributed by atoms with Crippen LogP contribution in [0.15, 0.2) is 83.8 Å². The van der Waals surface area contributed by atoms with E-state index in [1.165, 1.54) is 48.5 Å². The molecule has 0 fully saturated rings. The SMILES string of the molecule is O=C(Nc1cccc(C(F)(F)F)c1)c1cccc(NS(=O)(=O)c2ccccc2)c1. The van der Waals surface area contributed by atoms with Crippen molar-refractivity contribution in [3.8, 4) is 0 Å². The smallest absolute Gasteiger partial charge is 0.322 e. The minimum Gasteiger partial charge on any atom is -0.322 e. The number of carbonyl (C=O) groups is 1. The molecule has 0 radical (unpaired) electrons. The monoisotopic (exact) mass is 420 g/mol. The summed E-state index contributed by atoms with van der Waals surface area (Å²) in [6, 6.07) is 17.5. The first-order valence-corrected chi connectivity index (χ1v) is 9.80. The van der Waals surface area contributed by atoms with E-state index >= 15 is 0 Å². The van der Waals surface area contributed by atoms with E-state index in [2.05, 4.69) is 10.0 Å². The third kappa shape index (κ3) is 5.14. The fourth-order valence-electron chi connectivity index (χ4n) is 2.51. The van der Waals surface area contributed by atoms with Crippen molar-refractivity contribution in [1.82, 2.24) is 0 Å². The third-order valence-electron chi connectivity index (χ3n) is 3.88. The van der Waals surface area contributed by atoms with Crippen LogP contribution >= 0.6 is 0 Å². The summed E-state index contributed by atoms with van der Waals surface area (Å²) in [5, 5.41) is 2.38. The number of hydrogen-bond donors (Lipinski definition) is 2.